The number of hydrogen-bond acceptors (Lipinski definition) is 1. The molecule has 0 aliphatic carbocycles. The van der Waals surface area contributed by atoms with Crippen LogP contribution in [-0.4, -0.2) is 0 Å². The van der Waals surface area contributed by atoms with E-state index in [-0.39, 0.29) is 0 Å². The van der Waals surface area contributed by atoms with Crippen LogP contribution in [0.2, 0.25) is 0 Å². The molecule has 0 radical (unpaired) electrons. The molecule has 108 valence electrons. The Kier molecular flexibility index (Phi) is 10.2. The van der Waals surface area contributed by atoms with E-state index in [1.165, 1.54) is 70.6 Å². The zero-order chi connectivity index (χ0) is 13.6. The maximum atomic E-state index is 4.89. The summed E-state index contributed by atoms with van der Waals surface area (Å²) in [6.07, 6.45) is 25.5. The van der Waals surface area contributed by atoms with Crippen molar-refractivity contribution in [1.29, 1.82) is 0 Å². The Hall–Kier alpha value is -0.980. The fourth-order valence-electron chi connectivity index (χ4n) is 2.19. The van der Waals surface area contributed by atoms with Crippen LogP contribution in [0.25, 0.3) is 0 Å². The van der Waals surface area contributed by atoms with E-state index in [2.05, 4.69) is 25.2 Å². The van der Waals surface area contributed by atoms with Crippen molar-refractivity contribution in [2.75, 3.05) is 0 Å². The number of ether oxygens (including phenoxy) is 1. The molecule has 0 bridgehead atoms. The maximum absolute atomic E-state index is 4.89. The first-order valence-corrected chi connectivity index (χ1v) is 8.13. The third-order valence-corrected chi connectivity index (χ3v) is 3.49. The van der Waals surface area contributed by atoms with Crippen LogP contribution in [-0.2, 0) is 4.74 Å². The Morgan fingerprint density at radius 1 is 0.842 bits per heavy atom. The molecule has 19 heavy (non-hydrogen) atoms. The Labute approximate surface area is 119 Å². The lowest BCUT2D eigenvalue weighted by Crippen LogP contribution is -1.81. The third kappa shape index (κ3) is 11.8. The first-order chi connectivity index (χ1) is 9.43. The highest BCUT2D eigenvalue weighted by molar-refractivity contribution is 5.22. The molecule has 0 aromatic heterocycles. The van der Waals surface area contributed by atoms with Crippen LogP contribution < -0.4 is 0 Å². The van der Waals surface area contributed by atoms with Gasteiger partial charge in [-0.05, 0) is 18.9 Å². The second-order valence-electron chi connectivity index (χ2n) is 5.40. The first-order valence-electron chi connectivity index (χ1n) is 8.13. The van der Waals surface area contributed by atoms with Crippen LogP contribution >= 0.6 is 0 Å². The van der Waals surface area contributed by atoms with Gasteiger partial charge in [-0.1, -0.05) is 82.9 Å². The minimum atomic E-state index is 0.989. The van der Waals surface area contributed by atoms with Crippen molar-refractivity contribution in [3.63, 3.8) is 0 Å². The van der Waals surface area contributed by atoms with Gasteiger partial charge in [0.15, 0.2) is 5.76 Å². The summed E-state index contributed by atoms with van der Waals surface area (Å²) in [6.45, 7) is 2.28. The summed E-state index contributed by atoms with van der Waals surface area (Å²) in [4.78, 5) is 0. The summed E-state index contributed by atoms with van der Waals surface area (Å²) in [6, 6.07) is 0. The Bertz CT molecular complexity index is 286. The van der Waals surface area contributed by atoms with Gasteiger partial charge in [-0.15, -0.1) is 0 Å². The maximum Gasteiger partial charge on any atom is 0.161 e. The minimum Gasteiger partial charge on any atom is -0.458 e. The highest BCUT2D eigenvalue weighted by Crippen LogP contribution is 2.14. The molecule has 0 spiro atoms. The highest BCUT2D eigenvalue weighted by atomic mass is 16.5. The second-order valence-corrected chi connectivity index (χ2v) is 5.40. The number of allylic oxidation sites excluding steroid dienone is 4. The molecule has 1 nitrogen and oxygen atoms in total. The minimum absolute atomic E-state index is 0.989. The van der Waals surface area contributed by atoms with Crippen LogP contribution in [0.4, 0.5) is 0 Å². The van der Waals surface area contributed by atoms with Crippen LogP contribution in [0.3, 0.4) is 0 Å². The van der Waals surface area contributed by atoms with Gasteiger partial charge in [0.05, 0.1) is 0 Å². The van der Waals surface area contributed by atoms with Crippen LogP contribution in [0.5, 0.6) is 0 Å². The van der Waals surface area contributed by atoms with Crippen molar-refractivity contribution in [3.05, 3.63) is 36.3 Å². The topological polar surface area (TPSA) is 12.5 Å². The highest BCUT2D eigenvalue weighted by Gasteiger charge is 2.01. The molecule has 1 heteroatoms. The lowest BCUT2D eigenvalue weighted by Gasteiger charge is -2.01. The first kappa shape index (κ1) is 16.1. The van der Waals surface area contributed by atoms with Crippen molar-refractivity contribution in [2.45, 2.75) is 77.6 Å². The van der Waals surface area contributed by atoms with E-state index >= 15 is 0 Å². The molecule has 0 N–H and O–H groups in total. The van der Waals surface area contributed by atoms with E-state index in [0.717, 1.165) is 5.76 Å². The molecule has 0 aromatic carbocycles. The average Bonchev–Trinajstić information content (AvgIpc) is 3.23. The average molecular weight is 262 g/mol. The second kappa shape index (κ2) is 12.1. The summed E-state index contributed by atoms with van der Waals surface area (Å²) in [5.41, 5.74) is 0. The van der Waals surface area contributed by atoms with Crippen LogP contribution in [0.15, 0.2) is 36.3 Å². The molecule has 0 amide bonds. The van der Waals surface area contributed by atoms with Crippen molar-refractivity contribution >= 4 is 0 Å². The lowest BCUT2D eigenvalue weighted by atomic mass is 10.1. The van der Waals surface area contributed by atoms with Gasteiger partial charge in [-0.3, -0.25) is 0 Å². The summed E-state index contributed by atoms with van der Waals surface area (Å²) >= 11 is 0. The lowest BCUT2D eigenvalue weighted by molar-refractivity contribution is 0.516. The van der Waals surface area contributed by atoms with Gasteiger partial charge in [0.25, 0.3) is 0 Å². The van der Waals surface area contributed by atoms with Gasteiger partial charge < -0.3 is 4.74 Å². The van der Waals surface area contributed by atoms with Crippen molar-refractivity contribution in [1.82, 2.24) is 0 Å². The number of rotatable bonds is 13. The molecular weight excluding hydrogens is 232 g/mol. The Morgan fingerprint density at radius 2 is 1.42 bits per heavy atom. The van der Waals surface area contributed by atoms with E-state index in [4.69, 9.17) is 4.74 Å². The monoisotopic (exact) mass is 262 g/mol. The molecule has 0 fully saturated rings. The number of hydrogen-bond donors (Lipinski definition) is 0. The van der Waals surface area contributed by atoms with E-state index in [1.807, 2.05) is 6.08 Å². The summed E-state index contributed by atoms with van der Waals surface area (Å²) in [5.74, 6) is 0.989. The molecule has 0 aromatic rings. The predicted molar refractivity (Wildman–Crippen MR) is 83.9 cm³/mol. The molecule has 1 aliphatic heterocycles. The van der Waals surface area contributed by atoms with E-state index in [9.17, 15) is 0 Å². The van der Waals surface area contributed by atoms with Gasteiger partial charge in [0.1, 0.15) is 6.26 Å². The smallest absolute Gasteiger partial charge is 0.161 e. The van der Waals surface area contributed by atoms with E-state index in [1.54, 1.807) is 6.26 Å². The molecule has 0 unspecified atom stereocenters. The normalized spacial score (nSPS) is 14.1. The van der Waals surface area contributed by atoms with Crippen LogP contribution in [0, 0.1) is 0 Å². The molecule has 0 atom stereocenters. The van der Waals surface area contributed by atoms with Gasteiger partial charge >= 0.3 is 0 Å². The quantitative estimate of drug-likeness (QED) is 0.281. The number of unbranched alkanes of at least 4 members (excludes halogenated alkanes) is 10. The molecular formula is C18H30O. The zero-order valence-corrected chi connectivity index (χ0v) is 12.6. The SMILES string of the molecule is CCCCCCCCCCCCC=CC=CC1=CO1. The van der Waals surface area contributed by atoms with Gasteiger partial charge in [0, 0.05) is 0 Å². The largest absolute Gasteiger partial charge is 0.458 e. The predicted octanol–water partition coefficient (Wildman–Crippen LogP) is 6.28. The van der Waals surface area contributed by atoms with Gasteiger partial charge in [-0.25, -0.2) is 0 Å². The Morgan fingerprint density at radius 3 is 2.00 bits per heavy atom. The summed E-state index contributed by atoms with van der Waals surface area (Å²) in [5, 5.41) is 0. The third-order valence-electron chi connectivity index (χ3n) is 3.49. The van der Waals surface area contributed by atoms with Crippen LogP contribution in [0.1, 0.15) is 77.6 Å². The standard InChI is InChI=1S/C18H30O/c1-2-3-4-5-6-7-8-9-10-11-12-13-14-15-16-18-17-19-18/h13-17H,2-12H2,1H3. The van der Waals surface area contributed by atoms with Crippen molar-refractivity contribution < 1.29 is 4.74 Å². The molecule has 0 saturated heterocycles. The van der Waals surface area contributed by atoms with Crippen molar-refractivity contribution in [3.8, 4) is 0 Å². The molecule has 1 aliphatic rings. The van der Waals surface area contributed by atoms with E-state index < -0.39 is 0 Å². The fraction of sp³-hybridized carbons (Fsp3) is 0.667. The van der Waals surface area contributed by atoms with Gasteiger partial charge in [-0.2, -0.15) is 0 Å². The zero-order valence-electron chi connectivity index (χ0n) is 12.6. The molecule has 1 heterocycles. The molecule has 0 saturated carbocycles. The van der Waals surface area contributed by atoms with E-state index in [0.29, 0.717) is 0 Å². The fourth-order valence-corrected chi connectivity index (χ4v) is 2.19. The van der Waals surface area contributed by atoms with Crippen molar-refractivity contribution in [2.24, 2.45) is 0 Å². The summed E-state index contributed by atoms with van der Waals surface area (Å²) < 4.78 is 4.89. The molecule has 1 rings (SSSR count). The van der Waals surface area contributed by atoms with Gasteiger partial charge in [0.2, 0.25) is 0 Å². The summed E-state index contributed by atoms with van der Waals surface area (Å²) in [7, 11) is 0. The Balaban J connectivity index is 1.72.